The van der Waals surface area contributed by atoms with Crippen LogP contribution in [0.4, 0.5) is 0 Å². The molecule has 1 saturated heterocycles. The minimum Gasteiger partial charge on any atom is -0.478 e. The fraction of sp³-hybridized carbons (Fsp3) is 0.500. The Labute approximate surface area is 127 Å². The molecule has 110 valence electrons. The Balaban J connectivity index is 1.80. The van der Waals surface area contributed by atoms with E-state index in [-0.39, 0.29) is 0 Å². The van der Waals surface area contributed by atoms with Gasteiger partial charge in [-0.25, -0.2) is 9.78 Å². The maximum atomic E-state index is 11.2. The third-order valence-corrected chi connectivity index (χ3v) is 5.76. The summed E-state index contributed by atoms with van der Waals surface area (Å²) in [5.74, 6) is 2.13. The molecule has 1 aromatic carbocycles. The molecule has 5 heteroatoms. The highest BCUT2D eigenvalue weighted by Crippen LogP contribution is 2.41. The van der Waals surface area contributed by atoms with Crippen molar-refractivity contribution in [3.63, 3.8) is 0 Å². The van der Waals surface area contributed by atoms with Crippen molar-refractivity contribution in [2.45, 2.75) is 43.4 Å². The molecule has 2 aromatic rings. The van der Waals surface area contributed by atoms with Gasteiger partial charge in [-0.2, -0.15) is 11.8 Å². The lowest BCUT2D eigenvalue weighted by Crippen LogP contribution is -2.12. The Morgan fingerprint density at radius 1 is 1.38 bits per heavy atom. The van der Waals surface area contributed by atoms with Crippen molar-refractivity contribution in [1.82, 2.24) is 9.55 Å². The first-order valence-electron chi connectivity index (χ1n) is 7.57. The van der Waals surface area contributed by atoms with Gasteiger partial charge in [-0.3, -0.25) is 0 Å². The number of rotatable bonds is 4. The Morgan fingerprint density at radius 2 is 2.24 bits per heavy atom. The molecule has 4 rings (SSSR count). The van der Waals surface area contributed by atoms with Crippen molar-refractivity contribution in [1.29, 1.82) is 0 Å². The summed E-state index contributed by atoms with van der Waals surface area (Å²) in [5, 5.41) is 9.86. The molecule has 2 heterocycles. The molecule has 0 amide bonds. The molecule has 1 aliphatic carbocycles. The fourth-order valence-corrected chi connectivity index (χ4v) is 4.37. The van der Waals surface area contributed by atoms with Gasteiger partial charge in [0.1, 0.15) is 5.82 Å². The van der Waals surface area contributed by atoms with Crippen LogP contribution in [0.3, 0.4) is 0 Å². The molecule has 0 radical (unpaired) electrons. The molecule has 2 fully saturated rings. The quantitative estimate of drug-likeness (QED) is 0.939. The predicted octanol–water partition coefficient (Wildman–Crippen LogP) is 3.51. The van der Waals surface area contributed by atoms with E-state index in [2.05, 4.69) is 4.57 Å². The van der Waals surface area contributed by atoms with Gasteiger partial charge in [-0.15, -0.1) is 0 Å². The zero-order valence-corrected chi connectivity index (χ0v) is 12.6. The van der Waals surface area contributed by atoms with Crippen molar-refractivity contribution in [3.05, 3.63) is 29.6 Å². The van der Waals surface area contributed by atoms with Crippen LogP contribution in [0.15, 0.2) is 18.2 Å². The third-order valence-electron chi connectivity index (χ3n) is 4.38. The second-order valence-corrected chi connectivity index (χ2v) is 7.41. The van der Waals surface area contributed by atoms with Gasteiger partial charge < -0.3 is 9.67 Å². The summed E-state index contributed by atoms with van der Waals surface area (Å²) in [6, 6.07) is 5.29. The molecule has 2 aliphatic rings. The van der Waals surface area contributed by atoms with Crippen molar-refractivity contribution < 1.29 is 9.90 Å². The average molecular weight is 302 g/mol. The standard InChI is InChI=1S/C16H18N2O2S/c19-16(20)11-5-6-13-14(8-11)18(9-12-2-1-7-21-12)15(17-13)10-3-4-10/h5-6,8,10,12H,1-4,7,9H2,(H,19,20). The average Bonchev–Trinajstić information content (AvgIpc) is 3.07. The van der Waals surface area contributed by atoms with E-state index >= 15 is 0 Å². The van der Waals surface area contributed by atoms with Gasteiger partial charge in [-0.05, 0) is 49.6 Å². The monoisotopic (exact) mass is 302 g/mol. The van der Waals surface area contributed by atoms with E-state index in [1.54, 1.807) is 12.1 Å². The molecule has 21 heavy (non-hydrogen) atoms. The van der Waals surface area contributed by atoms with E-state index in [4.69, 9.17) is 4.98 Å². The highest BCUT2D eigenvalue weighted by molar-refractivity contribution is 8.00. The van der Waals surface area contributed by atoms with Gasteiger partial charge in [0.05, 0.1) is 16.6 Å². The van der Waals surface area contributed by atoms with Gasteiger partial charge in [0, 0.05) is 17.7 Å². The van der Waals surface area contributed by atoms with E-state index in [0.717, 1.165) is 17.6 Å². The molecular weight excluding hydrogens is 284 g/mol. The summed E-state index contributed by atoms with van der Waals surface area (Å²) in [7, 11) is 0. The number of carboxylic acid groups (broad SMARTS) is 1. The van der Waals surface area contributed by atoms with Gasteiger partial charge in [0.25, 0.3) is 0 Å². The first-order valence-corrected chi connectivity index (χ1v) is 8.62. The second-order valence-electron chi connectivity index (χ2n) is 6.00. The number of benzene rings is 1. The van der Waals surface area contributed by atoms with Crippen molar-refractivity contribution in [2.24, 2.45) is 0 Å². The number of fused-ring (bicyclic) bond motifs is 1. The molecule has 1 aromatic heterocycles. The number of imidazole rings is 1. The molecule has 1 saturated carbocycles. The maximum Gasteiger partial charge on any atom is 0.335 e. The Bertz CT molecular complexity index is 700. The summed E-state index contributed by atoms with van der Waals surface area (Å²) in [5.41, 5.74) is 2.28. The molecular formula is C16H18N2O2S. The number of nitrogens with zero attached hydrogens (tertiary/aromatic N) is 2. The number of hydrogen-bond acceptors (Lipinski definition) is 3. The van der Waals surface area contributed by atoms with Crippen LogP contribution in [0.1, 0.15) is 47.8 Å². The maximum absolute atomic E-state index is 11.2. The smallest absolute Gasteiger partial charge is 0.335 e. The lowest BCUT2D eigenvalue weighted by atomic mass is 10.2. The second kappa shape index (κ2) is 5.05. The SMILES string of the molecule is O=C(O)c1ccc2nc(C3CC3)n(CC3CCCS3)c2c1. The van der Waals surface area contributed by atoms with Gasteiger partial charge in [0.2, 0.25) is 0 Å². The predicted molar refractivity (Wildman–Crippen MR) is 84.1 cm³/mol. The minimum atomic E-state index is -0.868. The number of carboxylic acids is 1. The first kappa shape index (κ1) is 13.2. The zero-order chi connectivity index (χ0) is 14.4. The van der Waals surface area contributed by atoms with Crippen molar-refractivity contribution in [2.75, 3.05) is 5.75 Å². The lowest BCUT2D eigenvalue weighted by Gasteiger charge is -2.13. The number of aromatic nitrogens is 2. The fourth-order valence-electron chi connectivity index (χ4n) is 3.11. The normalized spacial score (nSPS) is 22.0. The molecule has 0 bridgehead atoms. The van der Waals surface area contributed by atoms with E-state index in [0.29, 0.717) is 16.7 Å². The van der Waals surface area contributed by atoms with Crippen LogP contribution in [0, 0.1) is 0 Å². The van der Waals surface area contributed by atoms with E-state index in [9.17, 15) is 9.90 Å². The Morgan fingerprint density at radius 3 is 2.90 bits per heavy atom. The number of aromatic carboxylic acids is 1. The highest BCUT2D eigenvalue weighted by Gasteiger charge is 2.31. The van der Waals surface area contributed by atoms with E-state index < -0.39 is 5.97 Å². The largest absolute Gasteiger partial charge is 0.478 e. The van der Waals surface area contributed by atoms with Gasteiger partial charge >= 0.3 is 5.97 Å². The molecule has 1 unspecified atom stereocenters. The van der Waals surface area contributed by atoms with Gasteiger partial charge in [-0.1, -0.05) is 0 Å². The summed E-state index contributed by atoms with van der Waals surface area (Å²) >= 11 is 2.04. The molecule has 1 atom stereocenters. The topological polar surface area (TPSA) is 55.1 Å². The van der Waals surface area contributed by atoms with Crippen LogP contribution >= 0.6 is 11.8 Å². The number of hydrogen-bond donors (Lipinski definition) is 1. The Kier molecular flexibility index (Phi) is 3.17. The summed E-state index contributed by atoms with van der Waals surface area (Å²) in [4.78, 5) is 16.0. The van der Waals surface area contributed by atoms with Crippen LogP contribution < -0.4 is 0 Å². The Hall–Kier alpha value is -1.49. The van der Waals surface area contributed by atoms with Crippen LogP contribution in [-0.4, -0.2) is 31.6 Å². The lowest BCUT2D eigenvalue weighted by molar-refractivity contribution is 0.0697. The summed E-state index contributed by atoms with van der Waals surface area (Å²) in [6.45, 7) is 0.968. The van der Waals surface area contributed by atoms with Crippen molar-refractivity contribution >= 4 is 28.8 Å². The van der Waals surface area contributed by atoms with Crippen LogP contribution in [0.2, 0.25) is 0 Å². The highest BCUT2D eigenvalue weighted by atomic mass is 32.2. The summed E-state index contributed by atoms with van der Waals surface area (Å²) in [6.07, 6.45) is 4.98. The van der Waals surface area contributed by atoms with Crippen LogP contribution in [0.25, 0.3) is 11.0 Å². The number of thioether (sulfide) groups is 1. The number of carbonyl (C=O) groups is 1. The van der Waals surface area contributed by atoms with Crippen molar-refractivity contribution in [3.8, 4) is 0 Å². The van der Waals surface area contributed by atoms with E-state index in [1.807, 2.05) is 17.8 Å². The van der Waals surface area contributed by atoms with E-state index in [1.165, 1.54) is 37.3 Å². The third kappa shape index (κ3) is 2.44. The molecule has 0 spiro atoms. The summed E-state index contributed by atoms with van der Waals surface area (Å²) < 4.78 is 2.29. The first-order chi connectivity index (χ1) is 10.2. The van der Waals surface area contributed by atoms with Gasteiger partial charge in [0.15, 0.2) is 0 Å². The molecule has 4 nitrogen and oxygen atoms in total. The minimum absolute atomic E-state index is 0.352. The molecule has 1 N–H and O–H groups in total. The van der Waals surface area contributed by atoms with Crippen LogP contribution in [-0.2, 0) is 6.54 Å². The molecule has 1 aliphatic heterocycles. The van der Waals surface area contributed by atoms with Crippen LogP contribution in [0.5, 0.6) is 0 Å². The zero-order valence-electron chi connectivity index (χ0n) is 11.8.